The highest BCUT2D eigenvalue weighted by molar-refractivity contribution is 5.73. The lowest BCUT2D eigenvalue weighted by molar-refractivity contribution is -0.140. The molecule has 18 heavy (non-hydrogen) atoms. The van der Waals surface area contributed by atoms with E-state index in [4.69, 9.17) is 0 Å². The zero-order chi connectivity index (χ0) is 13.3. The molecule has 0 aromatic rings. The number of rotatable bonds is 2. The van der Waals surface area contributed by atoms with Crippen LogP contribution in [0.25, 0.3) is 0 Å². The number of carbonyl (C=O) groups excluding carboxylic acids is 1. The lowest BCUT2D eigenvalue weighted by atomic mass is 9.95. The molecule has 3 nitrogen and oxygen atoms in total. The molecule has 3 heterocycles. The molecule has 2 bridgehead atoms. The molecule has 3 aliphatic rings. The Balaban J connectivity index is 1.97. The van der Waals surface area contributed by atoms with Crippen LogP contribution in [0.15, 0.2) is 0 Å². The smallest absolute Gasteiger partial charge is 0.341 e. The normalized spacial score (nSPS) is 29.4. The molecule has 3 rings (SSSR count). The second-order valence-corrected chi connectivity index (χ2v) is 5.38. The summed E-state index contributed by atoms with van der Waals surface area (Å²) in [7, 11) is 0. The van der Waals surface area contributed by atoms with Gasteiger partial charge in [0.1, 0.15) is 0 Å². The van der Waals surface area contributed by atoms with Gasteiger partial charge >= 0.3 is 6.18 Å². The van der Waals surface area contributed by atoms with Crippen LogP contribution in [0.1, 0.15) is 26.2 Å². The summed E-state index contributed by atoms with van der Waals surface area (Å²) in [6.45, 7) is 3.59. The number of carbonyl (C=O) groups is 1. The molecule has 0 aliphatic carbocycles. The summed E-state index contributed by atoms with van der Waals surface area (Å²) >= 11 is 0. The van der Waals surface area contributed by atoms with E-state index in [0.717, 1.165) is 12.8 Å². The monoisotopic (exact) mass is 264 g/mol. The van der Waals surface area contributed by atoms with Crippen molar-refractivity contribution >= 4 is 5.91 Å². The van der Waals surface area contributed by atoms with Crippen LogP contribution in [0.5, 0.6) is 0 Å². The fourth-order valence-corrected chi connectivity index (χ4v) is 2.98. The molecule has 0 aromatic carbocycles. The first kappa shape index (κ1) is 13.6. The molecular weight excluding hydrogens is 245 g/mol. The molecule has 0 saturated carbocycles. The van der Waals surface area contributed by atoms with E-state index in [1.165, 1.54) is 6.92 Å². The van der Waals surface area contributed by atoms with Crippen molar-refractivity contribution < 1.29 is 18.0 Å². The van der Waals surface area contributed by atoms with E-state index in [-0.39, 0.29) is 18.5 Å². The van der Waals surface area contributed by atoms with Crippen LogP contribution in [-0.2, 0) is 4.79 Å². The number of fused-ring (bicyclic) bond motifs is 4. The van der Waals surface area contributed by atoms with Crippen molar-refractivity contribution in [3.8, 4) is 0 Å². The molecule has 0 aromatic heterocycles. The quantitative estimate of drug-likeness (QED) is 0.760. The molecule has 3 fully saturated rings. The van der Waals surface area contributed by atoms with E-state index in [1.807, 2.05) is 4.90 Å². The van der Waals surface area contributed by atoms with Crippen molar-refractivity contribution in [2.45, 2.75) is 38.4 Å². The third-order valence-electron chi connectivity index (χ3n) is 3.95. The maximum Gasteiger partial charge on any atom is 0.390 e. The van der Waals surface area contributed by atoms with Crippen molar-refractivity contribution in [1.29, 1.82) is 0 Å². The minimum absolute atomic E-state index is 0.0320. The van der Waals surface area contributed by atoms with Crippen LogP contribution in [-0.4, -0.2) is 54.1 Å². The maximum absolute atomic E-state index is 12.3. The van der Waals surface area contributed by atoms with Crippen LogP contribution in [0, 0.1) is 5.92 Å². The van der Waals surface area contributed by atoms with Crippen LogP contribution < -0.4 is 0 Å². The number of halogens is 3. The minimum atomic E-state index is -4.09. The average Bonchev–Trinajstić information content (AvgIpc) is 2.56. The van der Waals surface area contributed by atoms with E-state index in [2.05, 4.69) is 0 Å². The van der Waals surface area contributed by atoms with Gasteiger partial charge in [0, 0.05) is 39.1 Å². The van der Waals surface area contributed by atoms with Gasteiger partial charge in [-0.15, -0.1) is 0 Å². The van der Waals surface area contributed by atoms with Crippen molar-refractivity contribution in [3.05, 3.63) is 0 Å². The van der Waals surface area contributed by atoms with E-state index in [1.54, 1.807) is 4.90 Å². The standard InChI is InChI=1S/C12H19F3N2O/c1-9(18)17-7-10-2-3-11(8-17)16(6-10)5-4-12(13,14)15/h10-11H,2-8H2,1H3. The number of amides is 1. The van der Waals surface area contributed by atoms with Crippen molar-refractivity contribution in [1.82, 2.24) is 9.80 Å². The van der Waals surface area contributed by atoms with Gasteiger partial charge in [-0.1, -0.05) is 0 Å². The Morgan fingerprint density at radius 2 is 1.94 bits per heavy atom. The molecule has 2 unspecified atom stereocenters. The molecule has 2 atom stereocenters. The first-order valence-corrected chi connectivity index (χ1v) is 6.41. The summed E-state index contributed by atoms with van der Waals surface area (Å²) in [6.07, 6.45) is -2.91. The third-order valence-corrected chi connectivity index (χ3v) is 3.95. The van der Waals surface area contributed by atoms with E-state index < -0.39 is 12.6 Å². The van der Waals surface area contributed by atoms with Crippen LogP contribution in [0.3, 0.4) is 0 Å². The van der Waals surface area contributed by atoms with Gasteiger partial charge in [-0.3, -0.25) is 9.69 Å². The average molecular weight is 264 g/mol. The van der Waals surface area contributed by atoms with Gasteiger partial charge in [-0.25, -0.2) is 0 Å². The summed E-state index contributed by atoms with van der Waals surface area (Å²) in [4.78, 5) is 15.1. The lowest BCUT2D eigenvalue weighted by Gasteiger charge is -2.36. The highest BCUT2D eigenvalue weighted by Gasteiger charge is 2.37. The fraction of sp³-hybridized carbons (Fsp3) is 0.917. The van der Waals surface area contributed by atoms with Crippen molar-refractivity contribution in [2.75, 3.05) is 26.2 Å². The summed E-state index contributed by atoms with van der Waals surface area (Å²) in [6, 6.07) is 0.106. The molecule has 3 saturated heterocycles. The Kier molecular flexibility index (Phi) is 3.84. The van der Waals surface area contributed by atoms with Gasteiger partial charge in [0.2, 0.25) is 5.91 Å². The van der Waals surface area contributed by atoms with Crippen molar-refractivity contribution in [3.63, 3.8) is 0 Å². The Labute approximate surface area is 105 Å². The van der Waals surface area contributed by atoms with Gasteiger partial charge in [0.05, 0.1) is 6.42 Å². The summed E-state index contributed by atoms with van der Waals surface area (Å²) in [5, 5.41) is 0. The highest BCUT2D eigenvalue weighted by Crippen LogP contribution is 2.29. The van der Waals surface area contributed by atoms with Crippen LogP contribution >= 0.6 is 0 Å². The Hall–Kier alpha value is -0.780. The second kappa shape index (κ2) is 5.07. The number of hydrogen-bond acceptors (Lipinski definition) is 2. The second-order valence-electron chi connectivity index (χ2n) is 5.38. The number of nitrogens with zero attached hydrogens (tertiary/aromatic N) is 2. The third kappa shape index (κ3) is 3.37. The predicted octanol–water partition coefficient (Wildman–Crippen LogP) is 1.88. The number of hydrogen-bond donors (Lipinski definition) is 0. The van der Waals surface area contributed by atoms with Gasteiger partial charge in [0.15, 0.2) is 0 Å². The van der Waals surface area contributed by atoms with Gasteiger partial charge in [0.25, 0.3) is 0 Å². The van der Waals surface area contributed by atoms with E-state index in [0.29, 0.717) is 25.6 Å². The summed E-state index contributed by atoms with van der Waals surface area (Å²) in [5.74, 6) is 0.366. The molecule has 0 radical (unpaired) electrons. The molecular formula is C12H19F3N2O. The SMILES string of the molecule is CC(=O)N1CC2CCC(C1)N(CCC(F)(F)F)C2. The Morgan fingerprint density at radius 1 is 1.22 bits per heavy atom. The minimum Gasteiger partial charge on any atom is -0.341 e. The van der Waals surface area contributed by atoms with E-state index >= 15 is 0 Å². The Bertz CT molecular complexity index is 319. The summed E-state index contributed by atoms with van der Waals surface area (Å²) < 4.78 is 36.8. The van der Waals surface area contributed by atoms with Gasteiger partial charge < -0.3 is 4.90 Å². The van der Waals surface area contributed by atoms with Gasteiger partial charge in [-0.2, -0.15) is 13.2 Å². The fourth-order valence-electron chi connectivity index (χ4n) is 2.98. The largest absolute Gasteiger partial charge is 0.390 e. The molecule has 3 aliphatic heterocycles. The first-order chi connectivity index (χ1) is 8.35. The first-order valence-electron chi connectivity index (χ1n) is 6.41. The highest BCUT2D eigenvalue weighted by atomic mass is 19.4. The van der Waals surface area contributed by atoms with Crippen molar-refractivity contribution in [2.24, 2.45) is 5.92 Å². The van der Waals surface area contributed by atoms with Crippen LogP contribution in [0.4, 0.5) is 13.2 Å². The molecule has 0 spiro atoms. The molecule has 6 heteroatoms. The van der Waals surface area contributed by atoms with Crippen LogP contribution in [0.2, 0.25) is 0 Å². The van der Waals surface area contributed by atoms with Gasteiger partial charge in [-0.05, 0) is 18.8 Å². The molecule has 1 amide bonds. The predicted molar refractivity (Wildman–Crippen MR) is 61.0 cm³/mol. The molecule has 104 valence electrons. The zero-order valence-corrected chi connectivity index (χ0v) is 10.5. The van der Waals surface area contributed by atoms with E-state index in [9.17, 15) is 18.0 Å². The molecule has 0 N–H and O–H groups in total. The number of piperidine rings is 1. The topological polar surface area (TPSA) is 23.6 Å². The maximum atomic E-state index is 12.3. The lowest BCUT2D eigenvalue weighted by Crippen LogP contribution is -2.45. The Morgan fingerprint density at radius 3 is 2.56 bits per heavy atom. The number of alkyl halides is 3. The zero-order valence-electron chi connectivity index (χ0n) is 10.5. The summed E-state index contributed by atoms with van der Waals surface area (Å²) in [5.41, 5.74) is 0.